The van der Waals surface area contributed by atoms with Gasteiger partial charge in [-0.1, -0.05) is 25.3 Å². The van der Waals surface area contributed by atoms with E-state index in [-0.39, 0.29) is 0 Å². The predicted molar refractivity (Wildman–Crippen MR) is 72.2 cm³/mol. The number of imidazole rings is 1. The third-order valence-corrected chi connectivity index (χ3v) is 3.61. The molecule has 0 atom stereocenters. The van der Waals surface area contributed by atoms with Gasteiger partial charge >= 0.3 is 0 Å². The average molecular weight is 242 g/mol. The summed E-state index contributed by atoms with van der Waals surface area (Å²) in [4.78, 5) is 13.4. The highest BCUT2D eigenvalue weighted by atomic mass is 15.2. The quantitative estimate of drug-likeness (QED) is 0.811. The molecule has 2 aromatic rings. The first-order valence-corrected chi connectivity index (χ1v) is 6.71. The number of rotatable bonds is 2. The van der Waals surface area contributed by atoms with Gasteiger partial charge in [0.05, 0.1) is 18.2 Å². The van der Waals surface area contributed by atoms with E-state index in [2.05, 4.69) is 19.5 Å². The van der Waals surface area contributed by atoms with E-state index in [1.165, 1.54) is 32.1 Å². The summed E-state index contributed by atoms with van der Waals surface area (Å²) in [6.45, 7) is 1.99. The van der Waals surface area contributed by atoms with Gasteiger partial charge in [0.2, 0.25) is 0 Å². The molecule has 0 aromatic carbocycles. The Balaban J connectivity index is 2.02. The van der Waals surface area contributed by atoms with E-state index in [1.807, 2.05) is 25.4 Å². The molecule has 0 radical (unpaired) electrons. The molecular formula is C14H18N4. The first kappa shape index (κ1) is 11.4. The number of aromatic nitrogens is 4. The molecular weight excluding hydrogens is 224 g/mol. The molecule has 1 aliphatic rings. The van der Waals surface area contributed by atoms with Crippen LogP contribution in [0.1, 0.15) is 50.8 Å². The summed E-state index contributed by atoms with van der Waals surface area (Å²) < 4.78 is 2.22. The summed E-state index contributed by atoms with van der Waals surface area (Å²) in [5.74, 6) is 0. The second-order valence-corrected chi connectivity index (χ2v) is 4.89. The molecule has 2 aromatic heterocycles. The van der Waals surface area contributed by atoms with Crippen LogP contribution in [0.3, 0.4) is 0 Å². The second-order valence-electron chi connectivity index (χ2n) is 4.89. The van der Waals surface area contributed by atoms with Gasteiger partial charge in [0.25, 0.3) is 0 Å². The third kappa shape index (κ3) is 2.03. The summed E-state index contributed by atoms with van der Waals surface area (Å²) in [5, 5.41) is 0. The smallest absolute Gasteiger partial charge is 0.197 e. The fraction of sp³-hybridized carbons (Fsp3) is 0.500. The highest BCUT2D eigenvalue weighted by molar-refractivity contribution is 5.67. The lowest BCUT2D eigenvalue weighted by Gasteiger charge is -2.22. The minimum atomic E-state index is 0.555. The maximum Gasteiger partial charge on any atom is 0.197 e. The fourth-order valence-corrected chi connectivity index (χ4v) is 2.70. The zero-order valence-electron chi connectivity index (χ0n) is 10.7. The van der Waals surface area contributed by atoms with Gasteiger partial charge in [-0.3, -0.25) is 0 Å². The lowest BCUT2D eigenvalue weighted by Crippen LogP contribution is -2.12. The molecule has 0 amide bonds. The van der Waals surface area contributed by atoms with Crippen molar-refractivity contribution in [2.45, 2.75) is 45.1 Å². The Morgan fingerprint density at radius 3 is 2.83 bits per heavy atom. The maximum absolute atomic E-state index is 4.65. The summed E-state index contributed by atoms with van der Waals surface area (Å²) in [6, 6.07) is 0.555. The molecule has 0 saturated heterocycles. The standard InChI is InChI=1S/C14H18N4/c1-2-6-11-9-15-13-14(17-11)18(10-16-13)12-7-4-3-5-8-12/h2,6,9-10,12H,3-5,7-8H2,1H3/b6-2+. The van der Waals surface area contributed by atoms with Crippen molar-refractivity contribution in [3.8, 4) is 0 Å². The van der Waals surface area contributed by atoms with Crippen molar-refractivity contribution < 1.29 is 0 Å². The van der Waals surface area contributed by atoms with Crippen molar-refractivity contribution in [3.63, 3.8) is 0 Å². The Bertz CT molecular complexity index is 564. The van der Waals surface area contributed by atoms with Crippen LogP contribution in [0.2, 0.25) is 0 Å². The SMILES string of the molecule is C/C=C/c1cnc2ncn(C3CCCCC3)c2n1. The molecule has 18 heavy (non-hydrogen) atoms. The van der Waals surface area contributed by atoms with Gasteiger partial charge in [-0.25, -0.2) is 15.0 Å². The van der Waals surface area contributed by atoms with Gasteiger partial charge < -0.3 is 4.57 Å². The molecule has 0 N–H and O–H groups in total. The van der Waals surface area contributed by atoms with Crippen LogP contribution < -0.4 is 0 Å². The topological polar surface area (TPSA) is 43.6 Å². The largest absolute Gasteiger partial charge is 0.311 e. The molecule has 0 unspecified atom stereocenters. The van der Waals surface area contributed by atoms with Crippen LogP contribution in [-0.4, -0.2) is 19.5 Å². The molecule has 0 aliphatic heterocycles. The highest BCUT2D eigenvalue weighted by Gasteiger charge is 2.18. The van der Waals surface area contributed by atoms with Crippen LogP contribution in [0, 0.1) is 0 Å². The minimum Gasteiger partial charge on any atom is -0.311 e. The van der Waals surface area contributed by atoms with Crippen LogP contribution in [0.4, 0.5) is 0 Å². The molecule has 4 heteroatoms. The van der Waals surface area contributed by atoms with Crippen LogP contribution in [0.15, 0.2) is 18.6 Å². The fourth-order valence-electron chi connectivity index (χ4n) is 2.70. The lowest BCUT2D eigenvalue weighted by atomic mass is 9.95. The van der Waals surface area contributed by atoms with Gasteiger partial charge in [-0.15, -0.1) is 0 Å². The van der Waals surface area contributed by atoms with Crippen molar-refractivity contribution in [2.24, 2.45) is 0 Å². The highest BCUT2D eigenvalue weighted by Crippen LogP contribution is 2.29. The minimum absolute atomic E-state index is 0.555. The molecule has 1 saturated carbocycles. The van der Waals surface area contributed by atoms with Crippen molar-refractivity contribution in [1.82, 2.24) is 19.5 Å². The van der Waals surface area contributed by atoms with E-state index in [9.17, 15) is 0 Å². The zero-order chi connectivity index (χ0) is 12.4. The van der Waals surface area contributed by atoms with Gasteiger partial charge in [0.1, 0.15) is 0 Å². The molecule has 3 rings (SSSR count). The van der Waals surface area contributed by atoms with E-state index in [0.29, 0.717) is 6.04 Å². The first-order valence-electron chi connectivity index (χ1n) is 6.71. The van der Waals surface area contributed by atoms with Gasteiger partial charge in [0, 0.05) is 6.04 Å². The number of allylic oxidation sites excluding steroid dienone is 1. The normalized spacial score (nSPS) is 17.8. The monoisotopic (exact) mass is 242 g/mol. The molecule has 2 heterocycles. The maximum atomic E-state index is 4.65. The molecule has 4 nitrogen and oxygen atoms in total. The average Bonchev–Trinajstić information content (AvgIpc) is 2.83. The second kappa shape index (κ2) is 4.88. The Kier molecular flexibility index (Phi) is 3.09. The van der Waals surface area contributed by atoms with Gasteiger partial charge in [0.15, 0.2) is 11.3 Å². The Hall–Kier alpha value is -1.71. The van der Waals surface area contributed by atoms with E-state index >= 15 is 0 Å². The van der Waals surface area contributed by atoms with Crippen LogP contribution in [0.5, 0.6) is 0 Å². The van der Waals surface area contributed by atoms with Crippen molar-refractivity contribution in [1.29, 1.82) is 0 Å². The van der Waals surface area contributed by atoms with Crippen LogP contribution in [-0.2, 0) is 0 Å². The summed E-state index contributed by atoms with van der Waals surface area (Å²) >= 11 is 0. The lowest BCUT2D eigenvalue weighted by molar-refractivity contribution is 0.358. The van der Waals surface area contributed by atoms with E-state index < -0.39 is 0 Å². The third-order valence-electron chi connectivity index (χ3n) is 3.61. The number of hydrogen-bond acceptors (Lipinski definition) is 3. The van der Waals surface area contributed by atoms with Crippen LogP contribution >= 0.6 is 0 Å². The van der Waals surface area contributed by atoms with Crippen molar-refractivity contribution in [2.75, 3.05) is 0 Å². The molecule has 0 spiro atoms. The first-order chi connectivity index (χ1) is 8.88. The molecule has 1 fully saturated rings. The molecule has 1 aliphatic carbocycles. The molecule has 94 valence electrons. The van der Waals surface area contributed by atoms with Gasteiger partial charge in [-0.05, 0) is 25.8 Å². The predicted octanol–water partition coefficient (Wildman–Crippen LogP) is 3.36. The number of nitrogens with zero attached hydrogens (tertiary/aromatic N) is 4. The van der Waals surface area contributed by atoms with E-state index in [4.69, 9.17) is 0 Å². The zero-order valence-corrected chi connectivity index (χ0v) is 10.7. The summed E-state index contributed by atoms with van der Waals surface area (Å²) in [5.41, 5.74) is 2.59. The number of hydrogen-bond donors (Lipinski definition) is 0. The van der Waals surface area contributed by atoms with Crippen molar-refractivity contribution >= 4 is 17.4 Å². The number of fused-ring (bicyclic) bond motifs is 1. The summed E-state index contributed by atoms with van der Waals surface area (Å²) in [7, 11) is 0. The molecule has 0 bridgehead atoms. The van der Waals surface area contributed by atoms with E-state index in [0.717, 1.165) is 17.0 Å². The van der Waals surface area contributed by atoms with Crippen LogP contribution in [0.25, 0.3) is 17.4 Å². The van der Waals surface area contributed by atoms with Gasteiger partial charge in [-0.2, -0.15) is 0 Å². The Morgan fingerprint density at radius 1 is 1.22 bits per heavy atom. The van der Waals surface area contributed by atoms with Crippen molar-refractivity contribution in [3.05, 3.63) is 24.3 Å². The Labute approximate surface area is 107 Å². The van der Waals surface area contributed by atoms with E-state index in [1.54, 1.807) is 6.20 Å². The summed E-state index contributed by atoms with van der Waals surface area (Å²) in [6.07, 6.45) is 14.1. The Morgan fingerprint density at radius 2 is 2.06 bits per heavy atom.